The molecule has 274 valence electrons. The van der Waals surface area contributed by atoms with Crippen LogP contribution in [0.25, 0.3) is 72.8 Å². The molecule has 0 fully saturated rings. The Bertz CT molecular complexity index is 2660. The predicted octanol–water partition coefficient (Wildman–Crippen LogP) is 12.7. The van der Waals surface area contributed by atoms with Crippen LogP contribution in [0.5, 0.6) is 0 Å². The van der Waals surface area contributed by atoms with Gasteiger partial charge in [-0.2, -0.15) is 39.5 Å². The SMILES string of the molecule is FC(F)(F)c1ccc(-c2ccc(-n3c4ccccc4c4ccc(C(F)(F)F)cc43)cc2-c2nc(-c3ccccc3)nc(-c3ccccc3)n2)c(C(F)(F)F)c1. The third-order valence-electron chi connectivity index (χ3n) is 9.15. The van der Waals surface area contributed by atoms with Crippen molar-refractivity contribution < 1.29 is 39.5 Å². The fraction of sp³-hybridized carbons (Fsp3) is 0.0714. The number of para-hydroxylation sites is 1. The van der Waals surface area contributed by atoms with Crippen LogP contribution < -0.4 is 0 Å². The van der Waals surface area contributed by atoms with Gasteiger partial charge in [0.15, 0.2) is 17.5 Å². The lowest BCUT2D eigenvalue weighted by Gasteiger charge is -2.19. The van der Waals surface area contributed by atoms with E-state index >= 15 is 0 Å². The summed E-state index contributed by atoms with van der Waals surface area (Å²) in [6, 6.07) is 33.0. The molecule has 0 bridgehead atoms. The molecule has 0 aliphatic carbocycles. The molecule has 0 N–H and O–H groups in total. The highest BCUT2D eigenvalue weighted by Crippen LogP contribution is 2.45. The Hall–Kier alpha value is -6.50. The second-order valence-corrected chi connectivity index (χ2v) is 12.6. The van der Waals surface area contributed by atoms with E-state index in [0.29, 0.717) is 33.5 Å². The molecule has 0 aliphatic heterocycles. The van der Waals surface area contributed by atoms with Gasteiger partial charge in [0, 0.05) is 33.2 Å². The Balaban J connectivity index is 1.47. The summed E-state index contributed by atoms with van der Waals surface area (Å²) in [7, 11) is 0. The lowest BCUT2D eigenvalue weighted by atomic mass is 9.92. The monoisotopic (exact) mass is 754 g/mol. The summed E-state index contributed by atoms with van der Waals surface area (Å²) in [5.74, 6) is 0.168. The molecule has 2 heterocycles. The van der Waals surface area contributed by atoms with Crippen molar-refractivity contribution in [2.24, 2.45) is 0 Å². The van der Waals surface area contributed by atoms with E-state index in [-0.39, 0.29) is 45.9 Å². The third-order valence-corrected chi connectivity index (χ3v) is 9.15. The molecule has 0 unspecified atom stereocenters. The average molecular weight is 755 g/mol. The lowest BCUT2D eigenvalue weighted by molar-refractivity contribution is -0.143. The molecule has 4 nitrogen and oxygen atoms in total. The lowest BCUT2D eigenvalue weighted by Crippen LogP contribution is -2.12. The van der Waals surface area contributed by atoms with Crippen LogP contribution >= 0.6 is 0 Å². The van der Waals surface area contributed by atoms with Gasteiger partial charge in [-0.15, -0.1) is 0 Å². The Morgan fingerprint density at radius 2 is 0.891 bits per heavy atom. The van der Waals surface area contributed by atoms with E-state index in [1.807, 2.05) is 0 Å². The van der Waals surface area contributed by atoms with Gasteiger partial charge in [0.1, 0.15) is 0 Å². The molecule has 55 heavy (non-hydrogen) atoms. The Morgan fingerprint density at radius 1 is 0.382 bits per heavy atom. The smallest absolute Gasteiger partial charge is 0.309 e. The highest BCUT2D eigenvalue weighted by Gasteiger charge is 2.39. The minimum atomic E-state index is -5.23. The zero-order chi connectivity index (χ0) is 38.7. The molecule has 8 aromatic rings. The molecule has 0 saturated carbocycles. The Kier molecular flexibility index (Phi) is 8.47. The van der Waals surface area contributed by atoms with Crippen molar-refractivity contribution in [3.8, 4) is 51.0 Å². The van der Waals surface area contributed by atoms with Gasteiger partial charge in [-0.1, -0.05) is 97.1 Å². The molecule has 0 saturated heterocycles. The molecular formula is C42H23F9N4. The van der Waals surface area contributed by atoms with Crippen LogP contribution in [0.4, 0.5) is 39.5 Å². The zero-order valence-electron chi connectivity index (χ0n) is 28.0. The maximum atomic E-state index is 14.7. The molecule has 0 atom stereocenters. The minimum absolute atomic E-state index is 0.0440. The van der Waals surface area contributed by atoms with Crippen LogP contribution in [-0.4, -0.2) is 19.5 Å². The number of aromatic nitrogens is 4. The summed E-state index contributed by atoms with van der Waals surface area (Å²) < 4.78 is 129. The molecule has 6 aromatic carbocycles. The summed E-state index contributed by atoms with van der Waals surface area (Å²) in [4.78, 5) is 14.0. The molecule has 2 aromatic heterocycles. The zero-order valence-corrected chi connectivity index (χ0v) is 28.0. The fourth-order valence-corrected chi connectivity index (χ4v) is 6.64. The molecule has 0 radical (unpaired) electrons. The summed E-state index contributed by atoms with van der Waals surface area (Å²) in [6.07, 6.45) is -15.0. The average Bonchev–Trinajstić information content (AvgIpc) is 3.51. The maximum Gasteiger partial charge on any atom is 0.417 e. The molecule has 0 aliphatic rings. The van der Waals surface area contributed by atoms with Crippen LogP contribution in [0, 0.1) is 0 Å². The Labute approximate surface area is 306 Å². The van der Waals surface area contributed by atoms with Crippen molar-refractivity contribution in [3.63, 3.8) is 0 Å². The van der Waals surface area contributed by atoms with E-state index in [1.165, 1.54) is 24.3 Å². The van der Waals surface area contributed by atoms with Gasteiger partial charge in [0.2, 0.25) is 0 Å². The molecular weight excluding hydrogens is 731 g/mol. The Morgan fingerprint density at radius 3 is 1.49 bits per heavy atom. The van der Waals surface area contributed by atoms with Crippen LogP contribution in [0.15, 0.2) is 140 Å². The first-order chi connectivity index (χ1) is 26.2. The van der Waals surface area contributed by atoms with Crippen molar-refractivity contribution in [3.05, 3.63) is 156 Å². The van der Waals surface area contributed by atoms with Crippen LogP contribution in [0.3, 0.4) is 0 Å². The van der Waals surface area contributed by atoms with Crippen LogP contribution in [-0.2, 0) is 18.5 Å². The van der Waals surface area contributed by atoms with E-state index in [2.05, 4.69) is 15.0 Å². The number of hydrogen-bond acceptors (Lipinski definition) is 3. The summed E-state index contributed by atoms with van der Waals surface area (Å²) in [5, 5.41) is 1.09. The summed E-state index contributed by atoms with van der Waals surface area (Å²) in [6.45, 7) is 0. The second kappa shape index (κ2) is 13.1. The second-order valence-electron chi connectivity index (χ2n) is 12.6. The van der Waals surface area contributed by atoms with Crippen LogP contribution in [0.1, 0.15) is 16.7 Å². The predicted molar refractivity (Wildman–Crippen MR) is 191 cm³/mol. The van der Waals surface area contributed by atoms with Crippen molar-refractivity contribution >= 4 is 21.8 Å². The van der Waals surface area contributed by atoms with E-state index < -0.39 is 40.8 Å². The number of halogens is 9. The first-order valence-corrected chi connectivity index (χ1v) is 16.6. The molecule has 0 amide bonds. The van der Waals surface area contributed by atoms with Gasteiger partial charge in [0.05, 0.1) is 27.7 Å². The molecule has 0 spiro atoms. The van der Waals surface area contributed by atoms with Crippen molar-refractivity contribution in [2.45, 2.75) is 18.5 Å². The van der Waals surface area contributed by atoms with E-state index in [1.54, 1.807) is 89.5 Å². The highest BCUT2D eigenvalue weighted by atomic mass is 19.4. The van der Waals surface area contributed by atoms with Crippen LogP contribution in [0.2, 0.25) is 0 Å². The van der Waals surface area contributed by atoms with E-state index in [9.17, 15) is 39.5 Å². The number of benzene rings is 6. The summed E-state index contributed by atoms with van der Waals surface area (Å²) in [5.41, 5.74) is -2.82. The van der Waals surface area contributed by atoms with Gasteiger partial charge >= 0.3 is 18.5 Å². The van der Waals surface area contributed by atoms with Gasteiger partial charge in [-0.05, 0) is 53.6 Å². The van der Waals surface area contributed by atoms with Gasteiger partial charge in [0.25, 0.3) is 0 Å². The fourth-order valence-electron chi connectivity index (χ4n) is 6.64. The van der Waals surface area contributed by atoms with Crippen molar-refractivity contribution in [2.75, 3.05) is 0 Å². The minimum Gasteiger partial charge on any atom is -0.309 e. The topological polar surface area (TPSA) is 43.6 Å². The van der Waals surface area contributed by atoms with Gasteiger partial charge < -0.3 is 4.57 Å². The van der Waals surface area contributed by atoms with Crippen molar-refractivity contribution in [1.29, 1.82) is 0 Å². The standard InChI is InChI=1S/C42H23F9N4/c43-40(44,45)26-15-18-30(34(21-26)42(49,50)51)29-20-17-28(55-35-14-8-7-13-31(35)32-19-16-27(22-36(32)55)41(46,47)48)23-33(29)39-53-37(24-9-3-1-4-10-24)52-38(54-39)25-11-5-2-6-12-25/h1-23H. The molecule has 8 rings (SSSR count). The normalized spacial score (nSPS) is 12.5. The van der Waals surface area contributed by atoms with E-state index in [4.69, 9.17) is 0 Å². The number of alkyl halides is 9. The first-order valence-electron chi connectivity index (χ1n) is 16.6. The van der Waals surface area contributed by atoms with Gasteiger partial charge in [-0.3, -0.25) is 0 Å². The number of rotatable bonds is 5. The highest BCUT2D eigenvalue weighted by molar-refractivity contribution is 6.09. The largest absolute Gasteiger partial charge is 0.417 e. The maximum absolute atomic E-state index is 14.7. The third kappa shape index (κ3) is 6.66. The number of nitrogens with zero attached hydrogens (tertiary/aromatic N) is 4. The molecule has 13 heteroatoms. The summed E-state index contributed by atoms with van der Waals surface area (Å²) >= 11 is 0. The quantitative estimate of drug-likeness (QED) is 0.164. The number of hydrogen-bond donors (Lipinski definition) is 0. The number of fused-ring (bicyclic) bond motifs is 3. The van der Waals surface area contributed by atoms with Crippen molar-refractivity contribution in [1.82, 2.24) is 19.5 Å². The van der Waals surface area contributed by atoms with E-state index in [0.717, 1.165) is 18.2 Å². The first kappa shape index (κ1) is 35.5. The van der Waals surface area contributed by atoms with Gasteiger partial charge in [-0.25, -0.2) is 15.0 Å².